The molecule has 7 heteroatoms. The maximum atomic E-state index is 11.2. The zero-order valence-electron chi connectivity index (χ0n) is 9.99. The number of rotatable bonds is 3. The van der Waals surface area contributed by atoms with Gasteiger partial charge in [-0.1, -0.05) is 25.2 Å². The summed E-state index contributed by atoms with van der Waals surface area (Å²) in [6.45, 7) is 4.35. The number of anilines is 1. The van der Waals surface area contributed by atoms with E-state index >= 15 is 0 Å². The first-order chi connectivity index (χ1) is 8.47. The molecular weight excluding hydrogens is 270 g/mol. The Balaban J connectivity index is 2.40. The molecule has 2 aromatic rings. The highest BCUT2D eigenvalue weighted by molar-refractivity contribution is 7.82. The third-order valence-corrected chi connectivity index (χ3v) is 3.43. The molecule has 0 unspecified atom stereocenters. The van der Waals surface area contributed by atoms with Gasteiger partial charge in [-0.2, -0.15) is 0 Å². The molecule has 0 bridgehead atoms. The van der Waals surface area contributed by atoms with Crippen LogP contribution in [-0.2, 0) is 0 Å². The van der Waals surface area contributed by atoms with Crippen LogP contribution in [0.2, 0.25) is 0 Å². The Labute approximate surface area is 114 Å². The number of carboxylic acid groups (broad SMARTS) is 1. The molecule has 96 valence electrons. The molecule has 0 saturated carbocycles. The van der Waals surface area contributed by atoms with Gasteiger partial charge in [0.2, 0.25) is 0 Å². The molecule has 18 heavy (non-hydrogen) atoms. The molecule has 2 heterocycles. The molecule has 1 N–H and O–H groups in total. The van der Waals surface area contributed by atoms with Gasteiger partial charge in [0.25, 0.3) is 0 Å². The number of thiazole rings is 1. The van der Waals surface area contributed by atoms with E-state index in [2.05, 4.69) is 22.6 Å². The fourth-order valence-corrected chi connectivity index (χ4v) is 2.62. The van der Waals surface area contributed by atoms with E-state index in [1.165, 1.54) is 16.2 Å². The average molecular weight is 283 g/mol. The second-order valence-corrected chi connectivity index (χ2v) is 5.98. The molecule has 0 aliphatic rings. The van der Waals surface area contributed by atoms with Crippen molar-refractivity contribution >= 4 is 46.2 Å². The summed E-state index contributed by atoms with van der Waals surface area (Å²) in [5.41, 5.74) is 0.739. The predicted molar refractivity (Wildman–Crippen MR) is 74.9 cm³/mol. The highest BCUT2D eigenvalue weighted by Gasteiger charge is 2.18. The van der Waals surface area contributed by atoms with Crippen LogP contribution in [0, 0.1) is 5.92 Å². The fourth-order valence-electron chi connectivity index (χ4n) is 1.58. The van der Waals surface area contributed by atoms with Gasteiger partial charge in [-0.25, -0.2) is 14.8 Å². The molecule has 2 aromatic heterocycles. The Morgan fingerprint density at radius 3 is 2.83 bits per heavy atom. The Morgan fingerprint density at radius 1 is 1.50 bits per heavy atom. The smallest absolute Gasteiger partial charge is 0.413 e. The molecule has 0 aromatic carbocycles. The summed E-state index contributed by atoms with van der Waals surface area (Å²) in [6, 6.07) is 3.44. The molecule has 0 fully saturated rings. The summed E-state index contributed by atoms with van der Waals surface area (Å²) < 4.78 is 0.625. The number of hydrogen-bond donors (Lipinski definition) is 2. The summed E-state index contributed by atoms with van der Waals surface area (Å²) in [6.07, 6.45) is -0.994. The van der Waals surface area contributed by atoms with E-state index in [4.69, 9.17) is 0 Å². The van der Waals surface area contributed by atoms with Crippen molar-refractivity contribution < 1.29 is 9.90 Å². The molecule has 0 aliphatic heterocycles. The predicted octanol–water partition coefficient (Wildman–Crippen LogP) is 3.12. The van der Waals surface area contributed by atoms with E-state index in [1.807, 2.05) is 13.8 Å². The van der Waals surface area contributed by atoms with Gasteiger partial charge in [0.1, 0.15) is 20.5 Å². The van der Waals surface area contributed by atoms with Gasteiger partial charge in [-0.15, -0.1) is 12.6 Å². The normalized spacial score (nSPS) is 11.1. The second-order valence-electron chi connectivity index (χ2n) is 4.28. The summed E-state index contributed by atoms with van der Waals surface area (Å²) in [4.78, 5) is 21.7. The highest BCUT2D eigenvalue weighted by atomic mass is 32.2. The van der Waals surface area contributed by atoms with Crippen LogP contribution >= 0.6 is 24.0 Å². The van der Waals surface area contributed by atoms with E-state index in [-0.39, 0.29) is 5.92 Å². The number of pyridine rings is 1. The third kappa shape index (κ3) is 2.73. The molecule has 0 aliphatic carbocycles. The standard InChI is InChI=1S/C11H13N3O2S2/c1-6(2)5-14(11(15)16)8-4-3-7-9(13-8)18-10(17)12-7/h3-4,6H,5H2,1-2H3,(H,12,17)(H,15,16). The molecule has 2 rings (SSSR count). The lowest BCUT2D eigenvalue weighted by molar-refractivity contribution is 0.200. The third-order valence-electron chi connectivity index (χ3n) is 2.28. The lowest BCUT2D eigenvalue weighted by atomic mass is 10.2. The summed E-state index contributed by atoms with van der Waals surface area (Å²) >= 11 is 5.50. The maximum absolute atomic E-state index is 11.2. The number of nitrogens with zero attached hydrogens (tertiary/aromatic N) is 3. The highest BCUT2D eigenvalue weighted by Crippen LogP contribution is 2.25. The largest absolute Gasteiger partial charge is 0.465 e. The lowest BCUT2D eigenvalue weighted by Gasteiger charge is -2.19. The van der Waals surface area contributed by atoms with Crippen LogP contribution in [-0.4, -0.2) is 27.7 Å². The lowest BCUT2D eigenvalue weighted by Crippen LogP contribution is -2.33. The van der Waals surface area contributed by atoms with Crippen LogP contribution in [0.5, 0.6) is 0 Å². The topological polar surface area (TPSA) is 66.3 Å². The number of thiol groups is 1. The molecule has 5 nitrogen and oxygen atoms in total. The van der Waals surface area contributed by atoms with Crippen LogP contribution in [0.15, 0.2) is 16.5 Å². The zero-order valence-corrected chi connectivity index (χ0v) is 11.7. The molecule has 0 radical (unpaired) electrons. The fraction of sp³-hybridized carbons (Fsp3) is 0.364. The SMILES string of the molecule is CC(C)CN(C(=O)O)c1ccc2nc(S)sc2n1. The number of amides is 1. The number of aromatic nitrogens is 2. The van der Waals surface area contributed by atoms with Crippen LogP contribution in [0.3, 0.4) is 0 Å². The quantitative estimate of drug-likeness (QED) is 0.849. The monoisotopic (exact) mass is 283 g/mol. The van der Waals surface area contributed by atoms with Crippen molar-refractivity contribution in [3.63, 3.8) is 0 Å². The van der Waals surface area contributed by atoms with Crippen LogP contribution < -0.4 is 4.90 Å². The number of fused-ring (bicyclic) bond motifs is 1. The van der Waals surface area contributed by atoms with Gasteiger partial charge in [0.15, 0.2) is 0 Å². The second kappa shape index (κ2) is 5.11. The first-order valence-electron chi connectivity index (χ1n) is 5.44. The summed E-state index contributed by atoms with van der Waals surface area (Å²) in [5.74, 6) is 0.668. The summed E-state index contributed by atoms with van der Waals surface area (Å²) in [7, 11) is 0. The van der Waals surface area contributed by atoms with E-state index in [1.54, 1.807) is 12.1 Å². The van der Waals surface area contributed by atoms with Gasteiger partial charge in [0.05, 0.1) is 0 Å². The molecule has 0 atom stereocenters. The van der Waals surface area contributed by atoms with Crippen molar-refractivity contribution in [1.29, 1.82) is 0 Å². The Hall–Kier alpha value is -1.34. The van der Waals surface area contributed by atoms with Gasteiger partial charge in [0, 0.05) is 6.54 Å². The van der Waals surface area contributed by atoms with E-state index < -0.39 is 6.09 Å². The minimum atomic E-state index is -0.994. The van der Waals surface area contributed by atoms with Crippen molar-refractivity contribution in [3.8, 4) is 0 Å². The van der Waals surface area contributed by atoms with Gasteiger partial charge in [-0.05, 0) is 18.1 Å². The first-order valence-corrected chi connectivity index (χ1v) is 6.70. The van der Waals surface area contributed by atoms with Crippen LogP contribution in [0.1, 0.15) is 13.8 Å². The van der Waals surface area contributed by atoms with Crippen LogP contribution in [0.25, 0.3) is 10.3 Å². The van der Waals surface area contributed by atoms with Crippen LogP contribution in [0.4, 0.5) is 10.6 Å². The van der Waals surface area contributed by atoms with E-state index in [0.717, 1.165) is 5.52 Å². The Morgan fingerprint density at radius 2 is 2.22 bits per heavy atom. The first kappa shape index (κ1) is 13.1. The van der Waals surface area contributed by atoms with E-state index in [9.17, 15) is 9.90 Å². The van der Waals surface area contributed by atoms with Crippen molar-refractivity contribution in [2.45, 2.75) is 18.2 Å². The van der Waals surface area contributed by atoms with Crippen molar-refractivity contribution in [1.82, 2.24) is 9.97 Å². The Kier molecular flexibility index (Phi) is 3.72. The number of hydrogen-bond acceptors (Lipinski definition) is 5. The number of carbonyl (C=O) groups is 1. The van der Waals surface area contributed by atoms with Gasteiger partial charge >= 0.3 is 6.09 Å². The van der Waals surface area contributed by atoms with Crippen molar-refractivity contribution in [3.05, 3.63) is 12.1 Å². The Bertz CT molecular complexity index is 583. The van der Waals surface area contributed by atoms with Crippen molar-refractivity contribution in [2.24, 2.45) is 5.92 Å². The molecular formula is C11H13N3O2S2. The minimum absolute atomic E-state index is 0.237. The maximum Gasteiger partial charge on any atom is 0.413 e. The van der Waals surface area contributed by atoms with Gasteiger partial charge in [-0.3, -0.25) is 4.90 Å². The molecule has 0 saturated heterocycles. The van der Waals surface area contributed by atoms with Gasteiger partial charge < -0.3 is 5.11 Å². The van der Waals surface area contributed by atoms with E-state index in [0.29, 0.717) is 21.5 Å². The average Bonchev–Trinajstić information content (AvgIpc) is 2.64. The minimum Gasteiger partial charge on any atom is -0.465 e. The zero-order chi connectivity index (χ0) is 13.3. The molecule has 0 spiro atoms. The summed E-state index contributed by atoms with van der Waals surface area (Å²) in [5, 5.41) is 9.21. The molecule has 1 amide bonds. The van der Waals surface area contributed by atoms with Crippen molar-refractivity contribution in [2.75, 3.05) is 11.4 Å².